The van der Waals surface area contributed by atoms with Gasteiger partial charge in [0.2, 0.25) is 0 Å². The van der Waals surface area contributed by atoms with Crippen LogP contribution in [0.2, 0.25) is 0 Å². The second-order valence-corrected chi connectivity index (χ2v) is 5.88. The van der Waals surface area contributed by atoms with E-state index in [1.165, 1.54) is 10.9 Å². The SMILES string of the molecule is Cc1ccnc(NC(=O)c2cnn(C)c2C(=O)Nc2cc(C)ccn2)c1. The number of aryl methyl sites for hydroxylation is 3. The van der Waals surface area contributed by atoms with Crippen LogP contribution in [0.1, 0.15) is 32.0 Å². The highest BCUT2D eigenvalue weighted by Crippen LogP contribution is 2.14. The highest BCUT2D eigenvalue weighted by molar-refractivity contribution is 6.14. The molecule has 0 aliphatic heterocycles. The lowest BCUT2D eigenvalue weighted by atomic mass is 10.2. The minimum Gasteiger partial charge on any atom is -0.306 e. The van der Waals surface area contributed by atoms with Gasteiger partial charge in [-0.25, -0.2) is 9.97 Å². The number of anilines is 2. The van der Waals surface area contributed by atoms with Crippen molar-refractivity contribution in [2.24, 2.45) is 7.05 Å². The summed E-state index contributed by atoms with van der Waals surface area (Å²) in [5, 5.41) is 9.40. The summed E-state index contributed by atoms with van der Waals surface area (Å²) in [7, 11) is 1.60. The van der Waals surface area contributed by atoms with Crippen LogP contribution >= 0.6 is 0 Å². The van der Waals surface area contributed by atoms with Crippen molar-refractivity contribution in [1.82, 2.24) is 19.7 Å². The summed E-state index contributed by atoms with van der Waals surface area (Å²) in [6.45, 7) is 3.80. The summed E-state index contributed by atoms with van der Waals surface area (Å²) in [6, 6.07) is 7.14. The van der Waals surface area contributed by atoms with E-state index in [4.69, 9.17) is 0 Å². The molecule has 8 heteroatoms. The summed E-state index contributed by atoms with van der Waals surface area (Å²) in [4.78, 5) is 33.4. The van der Waals surface area contributed by atoms with Crippen LogP contribution in [0.25, 0.3) is 0 Å². The van der Waals surface area contributed by atoms with Crippen LogP contribution in [0.5, 0.6) is 0 Å². The minimum atomic E-state index is -0.467. The molecule has 0 saturated carbocycles. The fourth-order valence-corrected chi connectivity index (χ4v) is 2.44. The van der Waals surface area contributed by atoms with Gasteiger partial charge in [0.05, 0.1) is 11.8 Å². The smallest absolute Gasteiger partial charge is 0.275 e. The number of hydrogen-bond acceptors (Lipinski definition) is 5. The molecule has 3 aromatic heterocycles. The van der Waals surface area contributed by atoms with Crippen molar-refractivity contribution in [2.45, 2.75) is 13.8 Å². The van der Waals surface area contributed by atoms with Gasteiger partial charge in [0.25, 0.3) is 11.8 Å². The number of nitrogens with zero attached hydrogens (tertiary/aromatic N) is 4. The Bertz CT molecular complexity index is 979. The maximum atomic E-state index is 12.6. The molecule has 0 bridgehead atoms. The number of nitrogens with one attached hydrogen (secondary N) is 2. The van der Waals surface area contributed by atoms with Crippen molar-refractivity contribution in [3.8, 4) is 0 Å². The van der Waals surface area contributed by atoms with Crippen molar-refractivity contribution < 1.29 is 9.59 Å². The molecule has 8 nitrogen and oxygen atoms in total. The topological polar surface area (TPSA) is 102 Å². The lowest BCUT2D eigenvalue weighted by Crippen LogP contribution is -2.22. The molecule has 0 spiro atoms. The molecule has 2 N–H and O–H groups in total. The van der Waals surface area contributed by atoms with E-state index in [-0.39, 0.29) is 11.3 Å². The van der Waals surface area contributed by atoms with Crippen molar-refractivity contribution in [3.63, 3.8) is 0 Å². The molecule has 3 heterocycles. The molecule has 0 saturated heterocycles. The number of pyridine rings is 2. The minimum absolute atomic E-state index is 0.137. The zero-order chi connectivity index (χ0) is 18.7. The highest BCUT2D eigenvalue weighted by atomic mass is 16.2. The van der Waals surface area contributed by atoms with Crippen molar-refractivity contribution in [3.05, 3.63) is 65.2 Å². The summed E-state index contributed by atoms with van der Waals surface area (Å²) < 4.78 is 1.35. The predicted octanol–water partition coefficient (Wildman–Crippen LogP) is 2.33. The van der Waals surface area contributed by atoms with Gasteiger partial charge in [-0.05, 0) is 49.2 Å². The van der Waals surface area contributed by atoms with Crippen LogP contribution < -0.4 is 10.6 Å². The third kappa shape index (κ3) is 3.75. The Morgan fingerprint density at radius 2 is 1.46 bits per heavy atom. The summed E-state index contributed by atoms with van der Waals surface area (Å²) in [5.41, 5.74) is 2.22. The van der Waals surface area contributed by atoms with E-state index >= 15 is 0 Å². The molecule has 0 aliphatic carbocycles. The van der Waals surface area contributed by atoms with Crippen molar-refractivity contribution >= 4 is 23.5 Å². The van der Waals surface area contributed by atoms with Crippen molar-refractivity contribution in [1.29, 1.82) is 0 Å². The lowest BCUT2D eigenvalue weighted by Gasteiger charge is -2.08. The van der Waals surface area contributed by atoms with Crippen LogP contribution in [0.15, 0.2) is 42.9 Å². The zero-order valence-electron chi connectivity index (χ0n) is 14.6. The van der Waals surface area contributed by atoms with Gasteiger partial charge < -0.3 is 10.6 Å². The van der Waals surface area contributed by atoms with E-state index in [1.54, 1.807) is 31.6 Å². The van der Waals surface area contributed by atoms with Gasteiger partial charge in [-0.3, -0.25) is 14.3 Å². The van der Waals surface area contributed by atoms with Crippen LogP contribution in [-0.2, 0) is 7.05 Å². The fraction of sp³-hybridized carbons (Fsp3) is 0.167. The van der Waals surface area contributed by atoms with E-state index in [9.17, 15) is 9.59 Å². The molecule has 0 unspecified atom stereocenters. The Balaban J connectivity index is 1.84. The number of amides is 2. The largest absolute Gasteiger partial charge is 0.306 e. The van der Waals surface area contributed by atoms with Gasteiger partial charge >= 0.3 is 0 Å². The Kier molecular flexibility index (Phi) is 4.74. The Morgan fingerprint density at radius 3 is 2.00 bits per heavy atom. The molecule has 2 amide bonds. The molecule has 0 aliphatic rings. The standard InChI is InChI=1S/C18H18N6O2/c1-11-4-6-19-14(8-11)22-17(25)13-10-21-24(3)16(13)18(26)23-15-9-12(2)5-7-20-15/h4-10H,1-3H3,(H,19,22,25)(H,20,23,26). The van der Waals surface area contributed by atoms with Gasteiger partial charge in [0, 0.05) is 19.4 Å². The number of aromatic nitrogens is 4. The van der Waals surface area contributed by atoms with Gasteiger partial charge in [-0.1, -0.05) is 0 Å². The highest BCUT2D eigenvalue weighted by Gasteiger charge is 2.23. The first-order chi connectivity index (χ1) is 12.4. The second-order valence-electron chi connectivity index (χ2n) is 5.88. The third-order valence-corrected chi connectivity index (χ3v) is 3.71. The number of carbonyl (C=O) groups excluding carboxylic acids is 2. The quantitative estimate of drug-likeness (QED) is 0.752. The van der Waals surface area contributed by atoms with E-state index in [0.29, 0.717) is 11.6 Å². The zero-order valence-corrected chi connectivity index (χ0v) is 14.6. The molecular formula is C18H18N6O2. The molecular weight excluding hydrogens is 332 g/mol. The van der Waals surface area contributed by atoms with Crippen molar-refractivity contribution in [2.75, 3.05) is 10.6 Å². The van der Waals surface area contributed by atoms with E-state index in [0.717, 1.165) is 11.1 Å². The fourth-order valence-electron chi connectivity index (χ4n) is 2.44. The average Bonchev–Trinajstić information content (AvgIpc) is 2.97. The molecule has 0 fully saturated rings. The van der Waals surface area contributed by atoms with Gasteiger partial charge in [0.15, 0.2) is 0 Å². The van der Waals surface area contributed by atoms with Crippen LogP contribution in [0, 0.1) is 13.8 Å². The van der Waals surface area contributed by atoms with E-state index < -0.39 is 11.8 Å². The summed E-state index contributed by atoms with van der Waals surface area (Å²) >= 11 is 0. The Labute approximate surface area is 150 Å². The van der Waals surface area contributed by atoms with Gasteiger partial charge in [-0.15, -0.1) is 0 Å². The van der Waals surface area contributed by atoms with Crippen LogP contribution in [0.3, 0.4) is 0 Å². The molecule has 0 radical (unpaired) electrons. The van der Waals surface area contributed by atoms with Crippen LogP contribution in [-0.4, -0.2) is 31.6 Å². The van der Waals surface area contributed by atoms with E-state index in [2.05, 4.69) is 25.7 Å². The average molecular weight is 350 g/mol. The Hall–Kier alpha value is -3.55. The first-order valence-corrected chi connectivity index (χ1v) is 7.94. The predicted molar refractivity (Wildman–Crippen MR) is 97.1 cm³/mol. The lowest BCUT2D eigenvalue weighted by molar-refractivity contribution is 0.0984. The molecule has 0 aromatic carbocycles. The third-order valence-electron chi connectivity index (χ3n) is 3.71. The number of hydrogen-bond donors (Lipinski definition) is 2. The second kappa shape index (κ2) is 7.14. The van der Waals surface area contributed by atoms with E-state index in [1.807, 2.05) is 26.0 Å². The maximum absolute atomic E-state index is 12.6. The Morgan fingerprint density at radius 1 is 0.923 bits per heavy atom. The number of rotatable bonds is 4. The maximum Gasteiger partial charge on any atom is 0.275 e. The molecule has 26 heavy (non-hydrogen) atoms. The molecule has 0 atom stereocenters. The molecule has 132 valence electrons. The molecule has 3 rings (SSSR count). The molecule has 3 aromatic rings. The van der Waals surface area contributed by atoms with Crippen LogP contribution in [0.4, 0.5) is 11.6 Å². The monoisotopic (exact) mass is 350 g/mol. The summed E-state index contributed by atoms with van der Waals surface area (Å²) in [6.07, 6.45) is 4.56. The van der Waals surface area contributed by atoms with Gasteiger partial charge in [0.1, 0.15) is 17.3 Å². The summed E-state index contributed by atoms with van der Waals surface area (Å²) in [5.74, 6) is -0.113. The first-order valence-electron chi connectivity index (χ1n) is 7.94. The first kappa shape index (κ1) is 17.3. The normalized spacial score (nSPS) is 10.4. The number of carbonyl (C=O) groups is 2. The van der Waals surface area contributed by atoms with Gasteiger partial charge in [-0.2, -0.15) is 5.10 Å².